The fourth-order valence-corrected chi connectivity index (χ4v) is 5.99. The Morgan fingerprint density at radius 3 is 1.43 bits per heavy atom. The van der Waals surface area contributed by atoms with Crippen molar-refractivity contribution in [3.8, 4) is 0 Å². The van der Waals surface area contributed by atoms with Crippen LogP contribution in [0.5, 0.6) is 0 Å². The van der Waals surface area contributed by atoms with Crippen molar-refractivity contribution < 1.29 is 29.6 Å². The Labute approximate surface area is 283 Å². The van der Waals surface area contributed by atoms with Crippen LogP contribution >= 0.6 is 0 Å². The van der Waals surface area contributed by atoms with Gasteiger partial charge in [-0.25, -0.2) is 0 Å². The number of carbonyl (C=O) groups excluding carboxylic acids is 2. The number of ether oxygens (including phenoxy) is 1. The van der Waals surface area contributed by atoms with E-state index >= 15 is 0 Å². The van der Waals surface area contributed by atoms with Crippen LogP contribution in [0.25, 0.3) is 0 Å². The van der Waals surface area contributed by atoms with Crippen molar-refractivity contribution in [3.05, 3.63) is 12.2 Å². The van der Waals surface area contributed by atoms with E-state index in [1.807, 2.05) is 0 Å². The summed E-state index contributed by atoms with van der Waals surface area (Å²) in [5, 5.41) is 33.6. The van der Waals surface area contributed by atoms with Gasteiger partial charge in [0, 0.05) is 6.92 Å². The van der Waals surface area contributed by atoms with Crippen LogP contribution in [-0.4, -0.2) is 58.2 Å². The molecule has 0 aliphatic rings. The standard InChI is InChI=1S/C39H75NO6/c1-4-6-8-10-12-14-16-17-18-19-20-22-23-25-27-29-31-36(43)38(44)35(33-41)40-39(45)37(46-34(3)42)32-30-28-26-24-21-15-13-11-9-7-5-2/h22-23,35-38,41,43-44H,4-21,24-33H2,1-3H3,(H,40,45)/b23-22-/t35-,36+,37+,38-/m0/s1. The highest BCUT2D eigenvalue weighted by Crippen LogP contribution is 2.16. The molecule has 0 saturated heterocycles. The molecule has 0 fully saturated rings. The van der Waals surface area contributed by atoms with Gasteiger partial charge < -0.3 is 25.4 Å². The minimum atomic E-state index is -1.30. The van der Waals surface area contributed by atoms with Gasteiger partial charge in [0.2, 0.25) is 0 Å². The van der Waals surface area contributed by atoms with E-state index in [9.17, 15) is 24.9 Å². The zero-order chi connectivity index (χ0) is 34.1. The lowest BCUT2D eigenvalue weighted by Gasteiger charge is -2.28. The van der Waals surface area contributed by atoms with Gasteiger partial charge in [-0.1, -0.05) is 154 Å². The average molecular weight is 654 g/mol. The van der Waals surface area contributed by atoms with E-state index in [4.69, 9.17) is 4.74 Å². The molecule has 272 valence electrons. The van der Waals surface area contributed by atoms with Crippen LogP contribution in [0.1, 0.15) is 194 Å². The maximum absolute atomic E-state index is 12.9. The van der Waals surface area contributed by atoms with Crippen molar-refractivity contribution in [2.75, 3.05) is 6.61 Å². The molecule has 1 amide bonds. The number of aliphatic hydroxyl groups excluding tert-OH is 3. The van der Waals surface area contributed by atoms with E-state index in [-0.39, 0.29) is 0 Å². The molecular weight excluding hydrogens is 578 g/mol. The van der Waals surface area contributed by atoms with Crippen LogP contribution in [-0.2, 0) is 14.3 Å². The highest BCUT2D eigenvalue weighted by atomic mass is 16.5. The van der Waals surface area contributed by atoms with Crippen LogP contribution in [0.2, 0.25) is 0 Å². The van der Waals surface area contributed by atoms with Gasteiger partial charge in [-0.05, 0) is 44.9 Å². The summed E-state index contributed by atoms with van der Waals surface area (Å²) in [6.45, 7) is 5.25. The molecule has 7 nitrogen and oxygen atoms in total. The number of esters is 1. The van der Waals surface area contributed by atoms with Crippen LogP contribution in [0.15, 0.2) is 12.2 Å². The third-order valence-electron chi connectivity index (χ3n) is 9.01. The molecule has 0 heterocycles. The number of aliphatic hydroxyl groups is 3. The number of nitrogens with one attached hydrogen (secondary N) is 1. The molecule has 0 aromatic rings. The summed E-state index contributed by atoms with van der Waals surface area (Å²) < 4.78 is 5.27. The summed E-state index contributed by atoms with van der Waals surface area (Å²) in [7, 11) is 0. The van der Waals surface area contributed by atoms with E-state index in [2.05, 4.69) is 31.3 Å². The number of allylic oxidation sites excluding steroid dienone is 2. The molecule has 4 atom stereocenters. The molecule has 0 aromatic carbocycles. The monoisotopic (exact) mass is 654 g/mol. The molecule has 7 heteroatoms. The SMILES string of the molecule is CCCCCCCCCCCC/C=C\CCCC[C@@H](O)[C@@H](O)[C@H](CO)NC(=O)[C@@H](CCCCCCCCCCCCC)OC(C)=O. The van der Waals surface area contributed by atoms with Gasteiger partial charge in [-0.2, -0.15) is 0 Å². The van der Waals surface area contributed by atoms with Crippen molar-refractivity contribution in [2.24, 2.45) is 0 Å². The lowest BCUT2D eigenvalue weighted by Crippen LogP contribution is -2.53. The predicted molar refractivity (Wildman–Crippen MR) is 192 cm³/mol. The average Bonchev–Trinajstić information content (AvgIpc) is 3.04. The fraction of sp³-hybridized carbons (Fsp3) is 0.897. The number of amides is 1. The van der Waals surface area contributed by atoms with Gasteiger partial charge in [-0.3, -0.25) is 9.59 Å². The van der Waals surface area contributed by atoms with Gasteiger partial charge in [-0.15, -0.1) is 0 Å². The van der Waals surface area contributed by atoms with Crippen molar-refractivity contribution in [1.29, 1.82) is 0 Å². The molecule has 0 saturated carbocycles. The van der Waals surface area contributed by atoms with E-state index in [1.165, 1.54) is 122 Å². The third kappa shape index (κ3) is 27.7. The zero-order valence-corrected chi connectivity index (χ0v) is 30.3. The molecule has 0 rings (SSSR count). The Morgan fingerprint density at radius 1 is 0.609 bits per heavy atom. The van der Waals surface area contributed by atoms with Gasteiger partial charge in [0.25, 0.3) is 5.91 Å². The maximum Gasteiger partial charge on any atom is 0.303 e. The summed E-state index contributed by atoms with van der Waals surface area (Å²) in [6, 6.07) is -1.03. The molecule has 0 bridgehead atoms. The van der Waals surface area contributed by atoms with Gasteiger partial charge in [0.05, 0.1) is 18.8 Å². The summed E-state index contributed by atoms with van der Waals surface area (Å²) in [5.41, 5.74) is 0. The molecule has 0 aromatic heterocycles. The first-order chi connectivity index (χ1) is 22.4. The minimum Gasteiger partial charge on any atom is -0.452 e. The highest BCUT2D eigenvalue weighted by molar-refractivity contribution is 5.83. The quantitative estimate of drug-likeness (QED) is 0.0313. The molecule has 0 radical (unpaired) electrons. The number of unbranched alkanes of at least 4 members (excludes halogenated alkanes) is 22. The molecule has 0 aliphatic carbocycles. The van der Waals surface area contributed by atoms with Crippen molar-refractivity contribution in [1.82, 2.24) is 5.32 Å². The highest BCUT2D eigenvalue weighted by Gasteiger charge is 2.30. The Morgan fingerprint density at radius 2 is 1.00 bits per heavy atom. The number of carbonyl (C=O) groups is 2. The normalized spacial score (nSPS) is 14.3. The molecular formula is C39H75NO6. The van der Waals surface area contributed by atoms with Gasteiger partial charge in [0.15, 0.2) is 6.10 Å². The number of hydrogen-bond acceptors (Lipinski definition) is 6. The Kier molecular flexibility index (Phi) is 32.4. The lowest BCUT2D eigenvalue weighted by atomic mass is 9.99. The Balaban J connectivity index is 4.16. The van der Waals surface area contributed by atoms with Crippen molar-refractivity contribution in [2.45, 2.75) is 218 Å². The van der Waals surface area contributed by atoms with E-state index in [0.717, 1.165) is 44.9 Å². The Hall–Kier alpha value is -1.44. The second-order valence-corrected chi connectivity index (χ2v) is 13.5. The minimum absolute atomic E-state index is 0.381. The van der Waals surface area contributed by atoms with E-state index in [1.54, 1.807) is 0 Å². The summed E-state index contributed by atoms with van der Waals surface area (Å²) >= 11 is 0. The summed E-state index contributed by atoms with van der Waals surface area (Å²) in [6.07, 6.45) is 32.1. The topological polar surface area (TPSA) is 116 Å². The number of hydrogen-bond donors (Lipinski definition) is 4. The number of rotatable bonds is 34. The Bertz CT molecular complexity index is 715. The second-order valence-electron chi connectivity index (χ2n) is 13.5. The van der Waals surface area contributed by atoms with Crippen LogP contribution in [0.3, 0.4) is 0 Å². The molecule has 0 unspecified atom stereocenters. The first-order valence-corrected chi connectivity index (χ1v) is 19.5. The van der Waals surface area contributed by atoms with Gasteiger partial charge >= 0.3 is 5.97 Å². The largest absolute Gasteiger partial charge is 0.452 e. The van der Waals surface area contributed by atoms with E-state index < -0.39 is 42.8 Å². The van der Waals surface area contributed by atoms with E-state index in [0.29, 0.717) is 12.8 Å². The zero-order valence-electron chi connectivity index (χ0n) is 30.3. The van der Waals surface area contributed by atoms with Crippen LogP contribution in [0, 0.1) is 0 Å². The molecule has 0 aliphatic heterocycles. The van der Waals surface area contributed by atoms with Crippen molar-refractivity contribution >= 4 is 11.9 Å². The molecule has 0 spiro atoms. The molecule has 46 heavy (non-hydrogen) atoms. The van der Waals surface area contributed by atoms with Crippen LogP contribution < -0.4 is 5.32 Å². The van der Waals surface area contributed by atoms with Crippen molar-refractivity contribution in [3.63, 3.8) is 0 Å². The third-order valence-corrected chi connectivity index (χ3v) is 9.01. The predicted octanol–water partition coefficient (Wildman–Crippen LogP) is 9.25. The first kappa shape index (κ1) is 44.6. The van der Waals surface area contributed by atoms with Gasteiger partial charge in [0.1, 0.15) is 6.10 Å². The first-order valence-electron chi connectivity index (χ1n) is 19.5. The maximum atomic E-state index is 12.9. The summed E-state index contributed by atoms with van der Waals surface area (Å²) in [4.78, 5) is 24.5. The fourth-order valence-electron chi connectivity index (χ4n) is 5.99. The van der Waals surface area contributed by atoms with Crippen LogP contribution in [0.4, 0.5) is 0 Å². The summed E-state index contributed by atoms with van der Waals surface area (Å²) in [5.74, 6) is -1.08. The lowest BCUT2D eigenvalue weighted by molar-refractivity contribution is -0.155. The molecule has 4 N–H and O–H groups in total. The smallest absolute Gasteiger partial charge is 0.303 e. The second kappa shape index (κ2) is 33.5.